The van der Waals surface area contributed by atoms with E-state index in [1.54, 1.807) is 42.5 Å². The van der Waals surface area contributed by atoms with Gasteiger partial charge in [-0.1, -0.05) is 45.0 Å². The minimum Gasteiger partial charge on any atom is -0.493 e. The van der Waals surface area contributed by atoms with Crippen molar-refractivity contribution >= 4 is 67.2 Å². The van der Waals surface area contributed by atoms with Crippen LogP contribution < -0.4 is 18.9 Å². The SMILES string of the molecule is COc1ccccc1Oc1c(NS(=O)(=O)c2ccc(C(C)(C)C)cc2)nc(-c2ncccn2)nc1OCCO.[K]. The second-order valence-corrected chi connectivity index (χ2v) is 11.0. The van der Waals surface area contributed by atoms with E-state index in [0.29, 0.717) is 5.75 Å². The van der Waals surface area contributed by atoms with Crippen LogP contribution in [0.15, 0.2) is 71.9 Å². The Kier molecular flexibility index (Phi) is 11.0. The van der Waals surface area contributed by atoms with Gasteiger partial charge in [0.05, 0.1) is 18.6 Å². The molecule has 2 aromatic carbocycles. The molecule has 13 heteroatoms. The molecular weight excluding hydrogens is 561 g/mol. The van der Waals surface area contributed by atoms with Crippen molar-refractivity contribution in [3.8, 4) is 34.8 Å². The molecule has 4 aromatic rings. The molecule has 0 aliphatic rings. The summed E-state index contributed by atoms with van der Waals surface area (Å²) in [6.45, 7) is 5.65. The molecule has 0 aliphatic carbocycles. The molecule has 1 radical (unpaired) electrons. The van der Waals surface area contributed by atoms with Crippen molar-refractivity contribution in [3.05, 3.63) is 72.6 Å². The van der Waals surface area contributed by atoms with Crippen LogP contribution in [0.1, 0.15) is 26.3 Å². The van der Waals surface area contributed by atoms with Gasteiger partial charge in [0.2, 0.25) is 11.6 Å². The monoisotopic (exact) mass is 590 g/mol. The third-order valence-corrected chi connectivity index (χ3v) is 6.83. The number of aliphatic hydroxyl groups is 1. The third-order valence-electron chi connectivity index (χ3n) is 5.47. The van der Waals surface area contributed by atoms with Crippen molar-refractivity contribution in [3.63, 3.8) is 0 Å². The fraction of sp³-hybridized carbons (Fsp3) is 0.259. The van der Waals surface area contributed by atoms with Gasteiger partial charge in [-0.25, -0.2) is 23.4 Å². The first-order chi connectivity index (χ1) is 18.6. The third kappa shape index (κ3) is 7.75. The number of nitrogens with one attached hydrogen (secondary N) is 1. The Hall–Kier alpha value is -2.65. The van der Waals surface area contributed by atoms with Gasteiger partial charge in [-0.3, -0.25) is 4.72 Å². The number of hydrogen-bond acceptors (Lipinski definition) is 10. The Morgan fingerprint density at radius 2 is 1.55 bits per heavy atom. The summed E-state index contributed by atoms with van der Waals surface area (Å²) < 4.78 is 46.6. The van der Waals surface area contributed by atoms with Crippen molar-refractivity contribution in [1.82, 2.24) is 19.9 Å². The van der Waals surface area contributed by atoms with Crippen LogP contribution >= 0.6 is 0 Å². The van der Waals surface area contributed by atoms with Crippen LogP contribution in [-0.2, 0) is 15.4 Å². The van der Waals surface area contributed by atoms with Gasteiger partial charge >= 0.3 is 0 Å². The summed E-state index contributed by atoms with van der Waals surface area (Å²) in [5, 5.41) is 9.40. The van der Waals surface area contributed by atoms with Gasteiger partial charge in [-0.2, -0.15) is 4.98 Å². The van der Waals surface area contributed by atoms with E-state index >= 15 is 0 Å². The fourth-order valence-corrected chi connectivity index (χ4v) is 4.48. The number of anilines is 1. The Morgan fingerprint density at radius 1 is 0.900 bits per heavy atom. The number of rotatable bonds is 10. The molecule has 0 saturated heterocycles. The maximum atomic E-state index is 13.5. The topological polar surface area (TPSA) is 146 Å². The number of nitrogens with zero attached hydrogens (tertiary/aromatic N) is 4. The van der Waals surface area contributed by atoms with E-state index in [2.05, 4.69) is 24.7 Å². The van der Waals surface area contributed by atoms with Crippen LogP contribution in [-0.4, -0.2) is 105 Å². The molecule has 0 aliphatic heterocycles. The van der Waals surface area contributed by atoms with Crippen LogP contribution in [0.4, 0.5) is 5.82 Å². The Labute approximate surface area is 275 Å². The normalized spacial score (nSPS) is 11.3. The first-order valence-corrected chi connectivity index (χ1v) is 13.5. The number of para-hydroxylation sites is 2. The zero-order valence-corrected chi connectivity index (χ0v) is 26.9. The average Bonchev–Trinajstić information content (AvgIpc) is 2.93. The van der Waals surface area contributed by atoms with Crippen LogP contribution in [0.3, 0.4) is 0 Å². The van der Waals surface area contributed by atoms with Gasteiger partial charge in [0.25, 0.3) is 15.9 Å². The molecule has 2 heterocycles. The van der Waals surface area contributed by atoms with E-state index in [1.807, 2.05) is 20.8 Å². The second kappa shape index (κ2) is 13.8. The summed E-state index contributed by atoms with van der Waals surface area (Å²) in [5.74, 6) is 0.271. The molecule has 11 nitrogen and oxygen atoms in total. The number of benzene rings is 2. The minimum atomic E-state index is -4.14. The summed E-state index contributed by atoms with van der Waals surface area (Å²) in [6.07, 6.45) is 3.00. The van der Waals surface area contributed by atoms with Crippen LogP contribution in [0.5, 0.6) is 23.1 Å². The van der Waals surface area contributed by atoms with Gasteiger partial charge in [0, 0.05) is 63.8 Å². The second-order valence-electron chi connectivity index (χ2n) is 9.31. The summed E-state index contributed by atoms with van der Waals surface area (Å²) in [6, 6.07) is 15.0. The molecule has 40 heavy (non-hydrogen) atoms. The predicted octanol–water partition coefficient (Wildman–Crippen LogP) is 3.82. The molecule has 0 saturated carbocycles. The zero-order chi connectivity index (χ0) is 28.0. The number of methoxy groups -OCH3 is 1. The van der Waals surface area contributed by atoms with E-state index in [0.717, 1.165) is 5.56 Å². The van der Waals surface area contributed by atoms with E-state index in [9.17, 15) is 13.5 Å². The Morgan fingerprint density at radius 3 is 2.15 bits per heavy atom. The molecule has 0 bridgehead atoms. The Bertz CT molecular complexity index is 1530. The molecule has 0 fully saturated rings. The molecule has 0 amide bonds. The van der Waals surface area contributed by atoms with Gasteiger partial charge < -0.3 is 19.3 Å². The first-order valence-electron chi connectivity index (χ1n) is 12.0. The predicted molar refractivity (Wildman–Crippen MR) is 150 cm³/mol. The van der Waals surface area contributed by atoms with Crippen molar-refractivity contribution in [2.24, 2.45) is 0 Å². The van der Waals surface area contributed by atoms with Crippen LogP contribution in [0.25, 0.3) is 11.6 Å². The van der Waals surface area contributed by atoms with Crippen LogP contribution in [0.2, 0.25) is 0 Å². The number of sulfonamides is 1. The number of aromatic nitrogens is 4. The summed E-state index contributed by atoms with van der Waals surface area (Å²) >= 11 is 0. The van der Waals surface area contributed by atoms with Crippen molar-refractivity contribution in [2.45, 2.75) is 31.1 Å². The van der Waals surface area contributed by atoms with Crippen molar-refractivity contribution in [2.75, 3.05) is 25.0 Å². The molecule has 2 N–H and O–H groups in total. The van der Waals surface area contributed by atoms with Crippen molar-refractivity contribution in [1.29, 1.82) is 0 Å². The van der Waals surface area contributed by atoms with Crippen LogP contribution in [0, 0.1) is 0 Å². The number of ether oxygens (including phenoxy) is 3. The van der Waals surface area contributed by atoms with Gasteiger partial charge in [-0.05, 0) is 41.3 Å². The van der Waals surface area contributed by atoms with Gasteiger partial charge in [0.1, 0.15) is 6.61 Å². The quantitative estimate of drug-likeness (QED) is 0.261. The summed E-state index contributed by atoms with van der Waals surface area (Å²) in [4.78, 5) is 17.1. The van der Waals surface area contributed by atoms with Crippen molar-refractivity contribution < 1.29 is 27.7 Å². The maximum absolute atomic E-state index is 13.5. The maximum Gasteiger partial charge on any atom is 0.263 e. The number of hydrogen-bond donors (Lipinski definition) is 2. The van der Waals surface area contributed by atoms with E-state index in [-0.39, 0.29) is 110 Å². The van der Waals surface area contributed by atoms with Gasteiger partial charge in [0.15, 0.2) is 23.1 Å². The smallest absolute Gasteiger partial charge is 0.263 e. The minimum absolute atomic E-state index is 0. The summed E-state index contributed by atoms with van der Waals surface area (Å²) in [5.41, 5.74) is 0.827. The van der Waals surface area contributed by atoms with E-state index in [1.165, 1.54) is 31.6 Å². The zero-order valence-electron chi connectivity index (χ0n) is 23.0. The largest absolute Gasteiger partial charge is 0.493 e. The van der Waals surface area contributed by atoms with Gasteiger partial charge in [-0.15, -0.1) is 0 Å². The molecule has 0 atom stereocenters. The molecule has 0 spiro atoms. The molecule has 4 rings (SSSR count). The fourth-order valence-electron chi connectivity index (χ4n) is 3.48. The summed E-state index contributed by atoms with van der Waals surface area (Å²) in [7, 11) is -2.66. The van der Waals surface area contributed by atoms with E-state index < -0.39 is 10.0 Å². The molecule has 0 unspecified atom stereocenters. The Balaban J connectivity index is 0.00000441. The molecular formula is C27H29KN5O6S. The van der Waals surface area contributed by atoms with E-state index in [4.69, 9.17) is 14.2 Å². The first kappa shape index (κ1) is 31.9. The molecule has 205 valence electrons. The standard InChI is InChI=1S/C27H29N5O6S.K/c1-27(2,3)18-10-12-19(13-11-18)39(34,35)32-23-22(38-21-9-6-5-8-20(21)36-4)26(37-17-16-33)31-25(30-23)24-28-14-7-15-29-24;/h5-15,33H,16-17H2,1-4H3,(H,30,31,32);. The number of aliphatic hydroxyl groups excluding tert-OH is 1. The average molecular weight is 591 g/mol. The molecule has 2 aromatic heterocycles.